The molecule has 2 heterocycles. The first kappa shape index (κ1) is 20.9. The average molecular weight is 395 g/mol. The van der Waals surface area contributed by atoms with Crippen LogP contribution in [-0.2, 0) is 4.79 Å². The summed E-state index contributed by atoms with van der Waals surface area (Å²) >= 11 is 0. The summed E-state index contributed by atoms with van der Waals surface area (Å²) < 4.78 is 10.6. The standard InChI is InChI=1S/C24H30N2O3/c1-17-14-21(20-10-12-25(3)13-11-20)16-26(18(17)2)24(27)9-7-19-6-8-22(28-4)23(15-19)29-5/h6-9,14-16,20H,2,10-13H2,1,3-5H3/b9-7+. The van der Waals surface area contributed by atoms with Gasteiger partial charge in [0.05, 0.1) is 14.2 Å². The number of hydrogen-bond donors (Lipinski definition) is 0. The van der Waals surface area contributed by atoms with Crippen molar-refractivity contribution < 1.29 is 14.3 Å². The minimum Gasteiger partial charge on any atom is -0.493 e. The normalized spacial score (nSPS) is 18.6. The molecule has 0 radical (unpaired) electrons. The summed E-state index contributed by atoms with van der Waals surface area (Å²) in [7, 11) is 5.35. The number of rotatable bonds is 5. The fourth-order valence-electron chi connectivity index (χ4n) is 3.75. The van der Waals surface area contributed by atoms with Crippen molar-refractivity contribution in [2.45, 2.75) is 19.8 Å². The first-order chi connectivity index (χ1) is 13.9. The lowest BCUT2D eigenvalue weighted by atomic mass is 9.87. The van der Waals surface area contributed by atoms with E-state index in [1.54, 1.807) is 31.3 Å². The molecule has 0 unspecified atom stereocenters. The number of nitrogens with zero attached hydrogens (tertiary/aromatic N) is 2. The minimum atomic E-state index is -0.109. The molecule has 1 aromatic rings. The van der Waals surface area contributed by atoms with E-state index in [4.69, 9.17) is 9.47 Å². The Kier molecular flexibility index (Phi) is 6.60. The van der Waals surface area contributed by atoms with Crippen molar-refractivity contribution in [2.24, 2.45) is 5.92 Å². The molecule has 2 aliphatic rings. The SMILES string of the molecule is C=C1C(C)=CC(C2CCN(C)CC2)=CN1C(=O)/C=C/c1ccc(OC)c(OC)c1. The quantitative estimate of drug-likeness (QED) is 0.701. The highest BCUT2D eigenvalue weighted by Gasteiger charge is 2.25. The third-order valence-corrected chi connectivity index (χ3v) is 5.66. The molecule has 0 atom stereocenters. The zero-order valence-electron chi connectivity index (χ0n) is 17.8. The van der Waals surface area contributed by atoms with Gasteiger partial charge in [0, 0.05) is 18.0 Å². The van der Waals surface area contributed by atoms with Gasteiger partial charge in [0.1, 0.15) is 0 Å². The van der Waals surface area contributed by atoms with Crippen LogP contribution in [0.15, 0.2) is 60.0 Å². The molecule has 1 amide bonds. The summed E-state index contributed by atoms with van der Waals surface area (Å²) in [6.07, 6.45) is 9.74. The Balaban J connectivity index is 1.77. The van der Waals surface area contributed by atoms with E-state index < -0.39 is 0 Å². The second-order valence-electron chi connectivity index (χ2n) is 7.64. The van der Waals surface area contributed by atoms with E-state index in [2.05, 4.69) is 24.6 Å². The third kappa shape index (κ3) is 4.80. The number of benzene rings is 1. The van der Waals surface area contributed by atoms with Crippen molar-refractivity contribution in [2.75, 3.05) is 34.4 Å². The maximum Gasteiger partial charge on any atom is 0.255 e. The summed E-state index contributed by atoms with van der Waals surface area (Å²) in [6, 6.07) is 5.56. The number of piperidine rings is 1. The van der Waals surface area contributed by atoms with Crippen molar-refractivity contribution in [1.29, 1.82) is 0 Å². The molecule has 5 nitrogen and oxygen atoms in total. The molecule has 0 saturated carbocycles. The monoisotopic (exact) mass is 394 g/mol. The maximum absolute atomic E-state index is 12.9. The largest absolute Gasteiger partial charge is 0.493 e. The Bertz CT molecular complexity index is 874. The van der Waals surface area contributed by atoms with Crippen molar-refractivity contribution >= 4 is 12.0 Å². The summed E-state index contributed by atoms with van der Waals surface area (Å²) in [5, 5.41) is 0. The first-order valence-corrected chi connectivity index (χ1v) is 9.94. The Morgan fingerprint density at radius 2 is 1.86 bits per heavy atom. The smallest absolute Gasteiger partial charge is 0.255 e. The zero-order chi connectivity index (χ0) is 21.0. The molecule has 0 N–H and O–H groups in total. The number of carbonyl (C=O) groups excluding carboxylic acids is 1. The highest BCUT2D eigenvalue weighted by Crippen LogP contribution is 2.32. The van der Waals surface area contributed by atoms with E-state index in [1.807, 2.05) is 31.3 Å². The molecule has 0 spiro atoms. The van der Waals surface area contributed by atoms with Crippen LogP contribution in [0.3, 0.4) is 0 Å². The molecule has 5 heteroatoms. The molecule has 0 aromatic heterocycles. The summed E-state index contributed by atoms with van der Waals surface area (Å²) in [6.45, 7) is 8.30. The fraction of sp³-hybridized carbons (Fsp3) is 0.375. The van der Waals surface area contributed by atoms with Crippen LogP contribution < -0.4 is 9.47 Å². The van der Waals surface area contributed by atoms with Gasteiger partial charge in [-0.25, -0.2) is 0 Å². The van der Waals surface area contributed by atoms with E-state index in [9.17, 15) is 4.79 Å². The molecule has 0 bridgehead atoms. The molecule has 0 aliphatic carbocycles. The van der Waals surface area contributed by atoms with Gasteiger partial charge in [-0.1, -0.05) is 18.7 Å². The molecule has 1 aromatic carbocycles. The number of amides is 1. The van der Waals surface area contributed by atoms with E-state index in [-0.39, 0.29) is 5.91 Å². The van der Waals surface area contributed by atoms with Gasteiger partial charge in [0.25, 0.3) is 5.91 Å². The van der Waals surface area contributed by atoms with E-state index in [0.29, 0.717) is 17.4 Å². The van der Waals surface area contributed by atoms with Crippen molar-refractivity contribution in [3.63, 3.8) is 0 Å². The van der Waals surface area contributed by atoms with Gasteiger partial charge in [0.15, 0.2) is 11.5 Å². The van der Waals surface area contributed by atoms with Crippen LogP contribution in [0.1, 0.15) is 25.3 Å². The lowest BCUT2D eigenvalue weighted by Gasteiger charge is -2.33. The molecule has 1 saturated heterocycles. The average Bonchev–Trinajstić information content (AvgIpc) is 2.74. The molecule has 154 valence electrons. The lowest BCUT2D eigenvalue weighted by molar-refractivity contribution is -0.122. The maximum atomic E-state index is 12.9. The lowest BCUT2D eigenvalue weighted by Crippen LogP contribution is -2.33. The van der Waals surface area contributed by atoms with Gasteiger partial charge in [-0.15, -0.1) is 0 Å². The van der Waals surface area contributed by atoms with E-state index in [0.717, 1.165) is 42.8 Å². The van der Waals surface area contributed by atoms with Gasteiger partial charge >= 0.3 is 0 Å². The Morgan fingerprint density at radius 3 is 2.52 bits per heavy atom. The number of allylic oxidation sites excluding steroid dienone is 3. The van der Waals surface area contributed by atoms with Crippen molar-refractivity contribution in [1.82, 2.24) is 9.80 Å². The number of hydrogen-bond acceptors (Lipinski definition) is 4. The molecular weight excluding hydrogens is 364 g/mol. The fourth-order valence-corrected chi connectivity index (χ4v) is 3.75. The van der Waals surface area contributed by atoms with E-state index in [1.165, 1.54) is 5.57 Å². The minimum absolute atomic E-state index is 0.109. The van der Waals surface area contributed by atoms with Gasteiger partial charge < -0.3 is 14.4 Å². The van der Waals surface area contributed by atoms with Crippen LogP contribution in [-0.4, -0.2) is 50.1 Å². The van der Waals surface area contributed by atoms with E-state index >= 15 is 0 Å². The molecule has 3 rings (SSSR count). The highest BCUT2D eigenvalue weighted by molar-refractivity contribution is 5.94. The van der Waals surface area contributed by atoms with Gasteiger partial charge in [0.2, 0.25) is 0 Å². The zero-order valence-corrected chi connectivity index (χ0v) is 17.8. The summed E-state index contributed by atoms with van der Waals surface area (Å²) in [5.74, 6) is 1.67. The second kappa shape index (κ2) is 9.14. The number of likely N-dealkylation sites (tertiary alicyclic amines) is 1. The predicted octanol–water partition coefficient (Wildman–Crippen LogP) is 4.24. The van der Waals surface area contributed by atoms with Crippen LogP contribution in [0.4, 0.5) is 0 Å². The summed E-state index contributed by atoms with van der Waals surface area (Å²) in [4.78, 5) is 16.9. The topological polar surface area (TPSA) is 42.0 Å². The van der Waals surface area contributed by atoms with Crippen molar-refractivity contribution in [3.05, 3.63) is 65.5 Å². The number of carbonyl (C=O) groups is 1. The first-order valence-electron chi connectivity index (χ1n) is 9.94. The highest BCUT2D eigenvalue weighted by atomic mass is 16.5. The Hall–Kier alpha value is -2.79. The van der Waals surface area contributed by atoms with Gasteiger partial charge in [-0.05, 0) is 80.7 Å². The molecular formula is C24H30N2O3. The summed E-state index contributed by atoms with van der Waals surface area (Å²) in [5.41, 5.74) is 3.85. The van der Waals surface area contributed by atoms with Crippen LogP contribution in [0, 0.1) is 5.92 Å². The Morgan fingerprint density at radius 1 is 1.17 bits per heavy atom. The van der Waals surface area contributed by atoms with Crippen LogP contribution in [0.25, 0.3) is 6.08 Å². The third-order valence-electron chi connectivity index (χ3n) is 5.66. The van der Waals surface area contributed by atoms with Crippen LogP contribution in [0.5, 0.6) is 11.5 Å². The van der Waals surface area contributed by atoms with Crippen LogP contribution in [0.2, 0.25) is 0 Å². The molecule has 1 fully saturated rings. The number of methoxy groups -OCH3 is 2. The predicted molar refractivity (Wildman–Crippen MR) is 117 cm³/mol. The second-order valence-corrected chi connectivity index (χ2v) is 7.64. The van der Waals surface area contributed by atoms with Crippen molar-refractivity contribution in [3.8, 4) is 11.5 Å². The Labute approximate surface area is 173 Å². The number of ether oxygens (including phenoxy) is 2. The molecule has 2 aliphatic heterocycles. The van der Waals surface area contributed by atoms with Gasteiger partial charge in [-0.3, -0.25) is 9.69 Å². The van der Waals surface area contributed by atoms with Crippen LogP contribution >= 0.6 is 0 Å². The molecule has 29 heavy (non-hydrogen) atoms. The van der Waals surface area contributed by atoms with Gasteiger partial charge in [-0.2, -0.15) is 0 Å².